The van der Waals surface area contributed by atoms with E-state index in [1.165, 1.54) is 0 Å². The number of halogens is 1. The summed E-state index contributed by atoms with van der Waals surface area (Å²) >= 11 is 0. The third-order valence-electron chi connectivity index (χ3n) is 3.76. The van der Waals surface area contributed by atoms with Crippen molar-refractivity contribution < 1.29 is 4.74 Å². The number of nitrogens with one attached hydrogen (secondary N) is 1. The van der Waals surface area contributed by atoms with Crippen molar-refractivity contribution in [2.24, 2.45) is 10.7 Å². The highest BCUT2D eigenvalue weighted by molar-refractivity contribution is 14.0. The van der Waals surface area contributed by atoms with Gasteiger partial charge < -0.3 is 20.7 Å². The van der Waals surface area contributed by atoms with E-state index in [1.54, 1.807) is 0 Å². The monoisotopic (exact) mass is 448 g/mol. The minimum atomic E-state index is 0. The van der Waals surface area contributed by atoms with Crippen LogP contribution in [0.5, 0.6) is 5.75 Å². The Morgan fingerprint density at radius 3 is 2.42 bits per heavy atom. The fourth-order valence-electron chi connectivity index (χ4n) is 2.15. The zero-order valence-electron chi connectivity index (χ0n) is 15.3. The summed E-state index contributed by atoms with van der Waals surface area (Å²) in [5.41, 5.74) is 6.95. The number of rotatable bonds is 11. The highest BCUT2D eigenvalue weighted by Gasteiger charge is 2.00. The Morgan fingerprint density at radius 1 is 1.17 bits per heavy atom. The molecule has 3 N–H and O–H groups in total. The van der Waals surface area contributed by atoms with Crippen molar-refractivity contribution in [3.05, 3.63) is 29.8 Å². The van der Waals surface area contributed by atoms with Crippen LogP contribution in [0.15, 0.2) is 29.3 Å². The van der Waals surface area contributed by atoms with E-state index in [4.69, 9.17) is 10.5 Å². The molecule has 0 spiro atoms. The number of nitrogens with two attached hydrogens (primary N) is 1. The summed E-state index contributed by atoms with van der Waals surface area (Å²) in [6.07, 6.45) is 2.26. The van der Waals surface area contributed by atoms with Crippen molar-refractivity contribution in [3.8, 4) is 5.75 Å². The molecule has 0 radical (unpaired) electrons. The minimum Gasteiger partial charge on any atom is -0.492 e. The van der Waals surface area contributed by atoms with E-state index in [-0.39, 0.29) is 24.0 Å². The molecule has 0 amide bonds. The van der Waals surface area contributed by atoms with Crippen molar-refractivity contribution >= 4 is 29.9 Å². The molecule has 1 aromatic rings. The van der Waals surface area contributed by atoms with Crippen LogP contribution in [0.1, 0.15) is 39.2 Å². The fourth-order valence-corrected chi connectivity index (χ4v) is 2.15. The van der Waals surface area contributed by atoms with Gasteiger partial charge >= 0.3 is 0 Å². The molecule has 1 aromatic carbocycles. The number of ether oxygens (including phenoxy) is 1. The number of aliphatic imine (C=N–C) groups is 1. The van der Waals surface area contributed by atoms with Crippen LogP contribution in [0.4, 0.5) is 0 Å². The number of unbranched alkanes of at least 4 members (excludes halogenated alkanes) is 1. The van der Waals surface area contributed by atoms with Gasteiger partial charge in [-0.3, -0.25) is 0 Å². The van der Waals surface area contributed by atoms with E-state index >= 15 is 0 Å². The minimum absolute atomic E-state index is 0. The maximum atomic E-state index is 5.82. The van der Waals surface area contributed by atoms with Crippen LogP contribution in [0, 0.1) is 0 Å². The molecule has 138 valence electrons. The van der Waals surface area contributed by atoms with Gasteiger partial charge in [0.2, 0.25) is 0 Å². The van der Waals surface area contributed by atoms with E-state index in [9.17, 15) is 0 Å². The van der Waals surface area contributed by atoms with E-state index in [1.807, 2.05) is 24.3 Å². The summed E-state index contributed by atoms with van der Waals surface area (Å²) in [6.45, 7) is 11.8. The molecule has 0 saturated heterocycles. The van der Waals surface area contributed by atoms with Gasteiger partial charge in [-0.1, -0.05) is 39.3 Å². The van der Waals surface area contributed by atoms with Crippen LogP contribution in [0.3, 0.4) is 0 Å². The van der Waals surface area contributed by atoms with Gasteiger partial charge in [-0.2, -0.15) is 0 Å². The molecule has 6 heteroatoms. The average molecular weight is 448 g/mol. The topological polar surface area (TPSA) is 62.9 Å². The third-order valence-corrected chi connectivity index (χ3v) is 3.76. The predicted molar refractivity (Wildman–Crippen MR) is 113 cm³/mol. The summed E-state index contributed by atoms with van der Waals surface area (Å²) in [5.74, 6) is 1.41. The Morgan fingerprint density at radius 2 is 1.83 bits per heavy atom. The highest BCUT2D eigenvalue weighted by atomic mass is 127. The van der Waals surface area contributed by atoms with Crippen LogP contribution in [0.2, 0.25) is 0 Å². The number of hydrogen-bond acceptors (Lipinski definition) is 3. The van der Waals surface area contributed by atoms with E-state index < -0.39 is 0 Å². The second-order valence-corrected chi connectivity index (χ2v) is 5.50. The van der Waals surface area contributed by atoms with Crippen molar-refractivity contribution in [1.82, 2.24) is 10.2 Å². The molecule has 5 nitrogen and oxygen atoms in total. The highest BCUT2D eigenvalue weighted by Crippen LogP contribution is 2.12. The third kappa shape index (κ3) is 9.97. The van der Waals surface area contributed by atoms with Crippen LogP contribution in [0.25, 0.3) is 0 Å². The Labute approximate surface area is 164 Å². The van der Waals surface area contributed by atoms with Crippen molar-refractivity contribution in [1.29, 1.82) is 0 Å². The molecule has 0 saturated carbocycles. The summed E-state index contributed by atoms with van der Waals surface area (Å²) in [5, 5.41) is 3.11. The second kappa shape index (κ2) is 14.3. The van der Waals surface area contributed by atoms with Crippen LogP contribution >= 0.6 is 24.0 Å². The molecule has 0 aromatic heterocycles. The summed E-state index contributed by atoms with van der Waals surface area (Å²) in [6, 6.07) is 8.06. The quantitative estimate of drug-likeness (QED) is 0.236. The molecule has 0 unspecified atom stereocenters. The molecule has 0 bridgehead atoms. The molecule has 0 heterocycles. The molecule has 0 aliphatic rings. The summed E-state index contributed by atoms with van der Waals surface area (Å²) in [7, 11) is 0. The molecular formula is C18H33IN4O. The van der Waals surface area contributed by atoms with E-state index in [2.05, 4.69) is 36.0 Å². The first-order valence-electron chi connectivity index (χ1n) is 8.67. The van der Waals surface area contributed by atoms with Gasteiger partial charge in [0.1, 0.15) is 12.4 Å². The molecule has 0 aliphatic carbocycles. The van der Waals surface area contributed by atoms with Gasteiger partial charge in [-0.05, 0) is 37.2 Å². The lowest BCUT2D eigenvalue weighted by Gasteiger charge is -2.18. The summed E-state index contributed by atoms with van der Waals surface area (Å²) < 4.78 is 5.77. The molecule has 24 heavy (non-hydrogen) atoms. The average Bonchev–Trinajstić information content (AvgIpc) is 2.58. The van der Waals surface area contributed by atoms with Gasteiger partial charge in [0.15, 0.2) is 5.96 Å². The standard InChI is InChI=1S/C18H32N4O.HI/c1-4-7-12-20-18(19)21-15-16-8-10-17(11-9-16)23-14-13-22(5-2)6-3;/h8-11H,4-7,12-15H2,1-3H3,(H3,19,20,21);1H. The predicted octanol–water partition coefficient (Wildman–Crippen LogP) is 3.23. The Bertz CT molecular complexity index is 447. The van der Waals surface area contributed by atoms with Crippen LogP contribution < -0.4 is 15.8 Å². The van der Waals surface area contributed by atoms with Crippen molar-refractivity contribution in [2.75, 3.05) is 32.8 Å². The van der Waals surface area contributed by atoms with Crippen LogP contribution in [-0.4, -0.2) is 43.6 Å². The number of benzene rings is 1. The molecule has 1 rings (SSSR count). The zero-order valence-corrected chi connectivity index (χ0v) is 17.6. The van der Waals surface area contributed by atoms with Crippen molar-refractivity contribution in [3.63, 3.8) is 0 Å². The van der Waals surface area contributed by atoms with Gasteiger partial charge in [-0.25, -0.2) is 4.99 Å². The number of nitrogens with zero attached hydrogens (tertiary/aromatic N) is 2. The molecule has 0 fully saturated rings. The first kappa shape index (κ1) is 23.0. The lowest BCUT2D eigenvalue weighted by Crippen LogP contribution is -2.32. The maximum Gasteiger partial charge on any atom is 0.188 e. The number of guanidine groups is 1. The van der Waals surface area contributed by atoms with E-state index in [0.29, 0.717) is 19.1 Å². The van der Waals surface area contributed by atoms with E-state index in [0.717, 1.165) is 50.3 Å². The first-order chi connectivity index (χ1) is 11.2. The Balaban J connectivity index is 0.00000529. The lowest BCUT2D eigenvalue weighted by atomic mass is 10.2. The first-order valence-corrected chi connectivity index (χ1v) is 8.67. The van der Waals surface area contributed by atoms with Gasteiger partial charge in [0.25, 0.3) is 0 Å². The maximum absolute atomic E-state index is 5.82. The lowest BCUT2D eigenvalue weighted by molar-refractivity contribution is 0.223. The van der Waals surface area contributed by atoms with Crippen LogP contribution in [-0.2, 0) is 6.54 Å². The zero-order chi connectivity index (χ0) is 16.9. The van der Waals surface area contributed by atoms with Gasteiger partial charge in [0, 0.05) is 13.1 Å². The number of likely N-dealkylation sites (N-methyl/N-ethyl adjacent to an activating group) is 1. The normalized spacial score (nSPS) is 11.2. The van der Waals surface area contributed by atoms with Gasteiger partial charge in [0.05, 0.1) is 6.54 Å². The Kier molecular flexibility index (Phi) is 13.7. The number of hydrogen-bond donors (Lipinski definition) is 2. The SMILES string of the molecule is CCCCNC(N)=NCc1ccc(OCCN(CC)CC)cc1.I. The summed E-state index contributed by atoms with van der Waals surface area (Å²) in [4.78, 5) is 6.68. The largest absolute Gasteiger partial charge is 0.492 e. The second-order valence-electron chi connectivity index (χ2n) is 5.50. The molecule has 0 aliphatic heterocycles. The van der Waals surface area contributed by atoms with Gasteiger partial charge in [-0.15, -0.1) is 24.0 Å². The smallest absolute Gasteiger partial charge is 0.188 e. The fraction of sp³-hybridized carbons (Fsp3) is 0.611. The Hall–Kier alpha value is -1.02. The molecular weight excluding hydrogens is 415 g/mol. The van der Waals surface area contributed by atoms with Crippen molar-refractivity contribution in [2.45, 2.75) is 40.2 Å². The molecule has 0 atom stereocenters.